The molecule has 2 aliphatic heterocycles. The number of aliphatic hydroxyl groups excluding tert-OH is 1. The lowest BCUT2D eigenvalue weighted by molar-refractivity contribution is -0.0714. The third kappa shape index (κ3) is 4.17. The number of benzene rings is 1. The van der Waals surface area contributed by atoms with Gasteiger partial charge in [-0.15, -0.1) is 0 Å². The van der Waals surface area contributed by atoms with Gasteiger partial charge in [-0.2, -0.15) is 0 Å². The van der Waals surface area contributed by atoms with Gasteiger partial charge in [0.05, 0.1) is 19.5 Å². The van der Waals surface area contributed by atoms with E-state index in [4.69, 9.17) is 28.5 Å². The number of hydrogen-bond acceptors (Lipinski definition) is 13. The van der Waals surface area contributed by atoms with E-state index in [0.717, 1.165) is 5.69 Å². The largest absolute Gasteiger partial charge is 0.475 e. The molecule has 2 fully saturated rings. The third-order valence-corrected chi connectivity index (χ3v) is 7.74. The summed E-state index contributed by atoms with van der Waals surface area (Å²) in [6, 6.07) is 6.63. The lowest BCUT2D eigenvalue weighted by Crippen LogP contribution is -2.39. The second-order valence-electron chi connectivity index (χ2n) is 8.89. The molecule has 5 atom stereocenters. The molecule has 0 aliphatic carbocycles. The van der Waals surface area contributed by atoms with Crippen LogP contribution in [0.1, 0.15) is 11.8 Å². The topological polar surface area (TPSA) is 177 Å². The van der Waals surface area contributed by atoms with Crippen molar-refractivity contribution in [3.63, 3.8) is 0 Å². The first-order valence-electron chi connectivity index (χ1n) is 11.3. The van der Waals surface area contributed by atoms with Gasteiger partial charge in [0.1, 0.15) is 35.7 Å². The van der Waals surface area contributed by atoms with Gasteiger partial charge < -0.3 is 24.9 Å². The number of phosphoric ester groups is 1. The molecule has 37 heavy (non-hydrogen) atoms. The Balaban J connectivity index is 1.21. The van der Waals surface area contributed by atoms with Crippen molar-refractivity contribution < 1.29 is 32.4 Å². The highest BCUT2D eigenvalue weighted by molar-refractivity contribution is 7.48. The van der Waals surface area contributed by atoms with Crippen molar-refractivity contribution in [3.05, 3.63) is 52.9 Å². The number of imidazole rings is 1. The number of aliphatic hydroxyl groups is 1. The van der Waals surface area contributed by atoms with Gasteiger partial charge in [0, 0.05) is 37.3 Å². The monoisotopic (exact) mass is 530 g/mol. The number of rotatable bonds is 5. The summed E-state index contributed by atoms with van der Waals surface area (Å²) in [5, 5.41) is 11.6. The summed E-state index contributed by atoms with van der Waals surface area (Å²) >= 11 is 0. The highest BCUT2D eigenvalue weighted by Gasteiger charge is 2.53. The van der Waals surface area contributed by atoms with Crippen LogP contribution in [0.25, 0.3) is 22.1 Å². The van der Waals surface area contributed by atoms with Crippen LogP contribution >= 0.6 is 7.82 Å². The SMILES string of the molecule is CN(C)c1ccc2c(CO[P@]3(=O)OC[C@H]4O[C@@H](n5cnc6c(N)ncnc65)[C@H](O)[C@@H]4O3)cc(=O)oc2c1. The molecule has 14 nitrogen and oxygen atoms in total. The number of hydrogen-bond donors (Lipinski definition) is 2. The van der Waals surface area contributed by atoms with Crippen LogP contribution in [0.2, 0.25) is 0 Å². The van der Waals surface area contributed by atoms with Gasteiger partial charge in [-0.05, 0) is 17.7 Å². The summed E-state index contributed by atoms with van der Waals surface area (Å²) in [5.41, 5.74) is 7.64. The van der Waals surface area contributed by atoms with E-state index in [1.165, 1.54) is 23.3 Å². The average Bonchev–Trinajstić information content (AvgIpc) is 3.44. The molecule has 6 rings (SSSR count). The number of aromatic nitrogens is 4. The molecule has 5 heterocycles. The minimum Gasteiger partial charge on any atom is -0.423 e. The van der Waals surface area contributed by atoms with Crippen LogP contribution in [0.5, 0.6) is 0 Å². The zero-order valence-corrected chi connectivity index (χ0v) is 20.6. The number of fused-ring (bicyclic) bond motifs is 3. The van der Waals surface area contributed by atoms with Gasteiger partial charge in [-0.1, -0.05) is 0 Å². The van der Waals surface area contributed by atoms with Gasteiger partial charge in [-0.25, -0.2) is 24.3 Å². The van der Waals surface area contributed by atoms with Gasteiger partial charge in [0.25, 0.3) is 0 Å². The molecule has 0 amide bonds. The summed E-state index contributed by atoms with van der Waals surface area (Å²) in [7, 11) is -0.379. The Morgan fingerprint density at radius 3 is 2.92 bits per heavy atom. The molecule has 0 bridgehead atoms. The summed E-state index contributed by atoms with van der Waals surface area (Å²) in [4.78, 5) is 26.3. The van der Waals surface area contributed by atoms with Crippen LogP contribution in [-0.4, -0.2) is 63.6 Å². The Hall–Kier alpha value is -3.39. The van der Waals surface area contributed by atoms with Crippen LogP contribution in [0.3, 0.4) is 0 Å². The Bertz CT molecular complexity index is 1610. The van der Waals surface area contributed by atoms with E-state index in [2.05, 4.69) is 15.0 Å². The smallest absolute Gasteiger partial charge is 0.423 e. The van der Waals surface area contributed by atoms with Crippen molar-refractivity contribution in [2.24, 2.45) is 0 Å². The standard InChI is InChI=1S/C22H23N6O8P/c1-27(2)12-3-4-13-11(5-16(29)34-14(13)6-12)7-32-37(31)33-8-15-19(36-37)18(30)22(35-15)28-10-26-17-20(23)24-9-25-21(17)28/h3-6,9-10,15,18-19,22,30H,7-8H2,1-2H3,(H2,23,24,25)/t15-,18-,19-,22-,37-/m1/s1. The normalized spacial score (nSPS) is 27.5. The van der Waals surface area contributed by atoms with E-state index in [1.807, 2.05) is 25.1 Å². The maximum absolute atomic E-state index is 13.3. The zero-order chi connectivity index (χ0) is 25.9. The van der Waals surface area contributed by atoms with E-state index in [9.17, 15) is 14.5 Å². The molecule has 194 valence electrons. The lowest BCUT2D eigenvalue weighted by Gasteiger charge is -2.30. The van der Waals surface area contributed by atoms with Crippen LogP contribution < -0.4 is 16.3 Å². The fourth-order valence-corrected chi connectivity index (χ4v) is 5.83. The van der Waals surface area contributed by atoms with E-state index >= 15 is 0 Å². The third-order valence-electron chi connectivity index (χ3n) is 6.33. The molecule has 0 saturated carbocycles. The van der Waals surface area contributed by atoms with Crippen molar-refractivity contribution in [2.75, 3.05) is 31.3 Å². The predicted octanol–water partition coefficient (Wildman–Crippen LogP) is 1.58. The van der Waals surface area contributed by atoms with Gasteiger partial charge >= 0.3 is 13.4 Å². The minimum atomic E-state index is -4.12. The molecule has 3 N–H and O–H groups in total. The number of anilines is 2. The highest BCUT2D eigenvalue weighted by atomic mass is 31.2. The van der Waals surface area contributed by atoms with Gasteiger partial charge in [0.2, 0.25) is 0 Å². The first-order valence-corrected chi connectivity index (χ1v) is 12.8. The maximum atomic E-state index is 13.3. The van der Waals surface area contributed by atoms with Crippen molar-refractivity contribution in [1.29, 1.82) is 0 Å². The van der Waals surface area contributed by atoms with Gasteiger partial charge in [0.15, 0.2) is 17.7 Å². The maximum Gasteiger partial charge on any atom is 0.475 e. The van der Waals surface area contributed by atoms with E-state index in [-0.39, 0.29) is 19.0 Å². The molecule has 2 saturated heterocycles. The molecule has 3 aromatic heterocycles. The summed E-state index contributed by atoms with van der Waals surface area (Å²) in [6.07, 6.45) is -1.23. The molecular formula is C22H23N6O8P. The first kappa shape index (κ1) is 24.0. The predicted molar refractivity (Wildman–Crippen MR) is 130 cm³/mol. The van der Waals surface area contributed by atoms with E-state index in [0.29, 0.717) is 27.7 Å². The first-order chi connectivity index (χ1) is 17.7. The minimum absolute atomic E-state index is 0.150. The zero-order valence-electron chi connectivity index (χ0n) is 19.8. The number of ether oxygens (including phenoxy) is 1. The van der Waals surface area contributed by atoms with Crippen molar-refractivity contribution >= 4 is 41.5 Å². The van der Waals surface area contributed by atoms with Crippen molar-refractivity contribution in [1.82, 2.24) is 19.5 Å². The molecule has 15 heteroatoms. The fraction of sp³-hybridized carbons (Fsp3) is 0.364. The molecule has 0 radical (unpaired) electrons. The average molecular weight is 530 g/mol. The summed E-state index contributed by atoms with van der Waals surface area (Å²) in [5.74, 6) is 0.187. The van der Waals surface area contributed by atoms with Crippen LogP contribution in [-0.2, 0) is 29.5 Å². The van der Waals surface area contributed by atoms with Gasteiger partial charge in [-0.3, -0.25) is 18.1 Å². The number of nitrogens with two attached hydrogens (primary N) is 1. The molecular weight excluding hydrogens is 507 g/mol. The van der Waals surface area contributed by atoms with Crippen LogP contribution in [0.4, 0.5) is 11.5 Å². The molecule has 4 aromatic rings. The second kappa shape index (κ2) is 8.87. The molecule has 0 spiro atoms. The Kier molecular flexibility index (Phi) is 5.75. The molecule has 1 aromatic carbocycles. The quantitative estimate of drug-likeness (QED) is 0.281. The second-order valence-corrected chi connectivity index (χ2v) is 10.5. The fourth-order valence-electron chi connectivity index (χ4n) is 4.45. The van der Waals surface area contributed by atoms with Crippen molar-refractivity contribution in [3.8, 4) is 0 Å². The Morgan fingerprint density at radius 1 is 1.27 bits per heavy atom. The summed E-state index contributed by atoms with van der Waals surface area (Å²) in [6.45, 7) is -0.399. The van der Waals surface area contributed by atoms with Crippen LogP contribution in [0, 0.1) is 0 Å². The highest BCUT2D eigenvalue weighted by Crippen LogP contribution is 2.57. The Morgan fingerprint density at radius 2 is 2.11 bits per heavy atom. The van der Waals surface area contributed by atoms with Crippen LogP contribution in [0.15, 0.2) is 46.1 Å². The van der Waals surface area contributed by atoms with E-state index < -0.39 is 38.0 Å². The Labute approximate surface area is 209 Å². The number of nitrogen functional groups attached to an aromatic ring is 1. The summed E-state index contributed by atoms with van der Waals surface area (Å²) < 4.78 is 42.7. The number of phosphoric acid groups is 1. The van der Waals surface area contributed by atoms with E-state index in [1.54, 1.807) is 12.1 Å². The number of nitrogens with zero attached hydrogens (tertiary/aromatic N) is 5. The lowest BCUT2D eigenvalue weighted by atomic mass is 10.1. The molecule has 2 aliphatic rings. The van der Waals surface area contributed by atoms with Crippen molar-refractivity contribution in [2.45, 2.75) is 31.1 Å². The molecule has 0 unspecified atom stereocenters.